The van der Waals surface area contributed by atoms with Crippen molar-refractivity contribution in [3.05, 3.63) is 52.7 Å². The smallest absolute Gasteiger partial charge is 0.291 e. The van der Waals surface area contributed by atoms with Crippen molar-refractivity contribution in [1.82, 2.24) is 29.9 Å². The SMILES string of the molecule is CC(C)(C)C1CCc2c(sc3ncn4nc(C(=O)NCc5cccnc5)nc4c23)C1. The molecule has 1 aliphatic carbocycles. The molecule has 1 N–H and O–H groups in total. The number of thiophene rings is 1. The van der Waals surface area contributed by atoms with Gasteiger partial charge in [0.2, 0.25) is 5.82 Å². The number of amides is 1. The molecule has 0 saturated heterocycles. The molecule has 0 bridgehead atoms. The number of carbonyl (C=O) groups is 1. The Morgan fingerprint density at radius 1 is 1.37 bits per heavy atom. The number of carbonyl (C=O) groups excluding carboxylic acids is 1. The fourth-order valence-electron chi connectivity index (χ4n) is 4.17. The minimum atomic E-state index is -0.299. The van der Waals surface area contributed by atoms with E-state index in [9.17, 15) is 4.79 Å². The van der Waals surface area contributed by atoms with E-state index in [1.54, 1.807) is 34.6 Å². The first kappa shape index (κ1) is 19.1. The number of hydrogen-bond acceptors (Lipinski definition) is 6. The third-order valence-corrected chi connectivity index (χ3v) is 7.15. The van der Waals surface area contributed by atoms with E-state index in [0.29, 0.717) is 17.9 Å². The van der Waals surface area contributed by atoms with Gasteiger partial charge in [0.05, 0.1) is 5.39 Å². The number of rotatable bonds is 3. The molecule has 1 amide bonds. The molecule has 8 heteroatoms. The number of fused-ring (bicyclic) bond motifs is 5. The summed E-state index contributed by atoms with van der Waals surface area (Å²) < 4.78 is 1.63. The monoisotopic (exact) mass is 420 g/mol. The van der Waals surface area contributed by atoms with Crippen molar-refractivity contribution in [1.29, 1.82) is 0 Å². The maximum absolute atomic E-state index is 12.6. The third-order valence-electron chi connectivity index (χ3n) is 5.99. The van der Waals surface area contributed by atoms with Gasteiger partial charge in [0, 0.05) is 23.8 Å². The molecule has 1 atom stereocenters. The molecule has 0 saturated carbocycles. The lowest BCUT2D eigenvalue weighted by Gasteiger charge is -2.33. The fourth-order valence-corrected chi connectivity index (χ4v) is 5.44. The second-order valence-electron chi connectivity index (χ2n) is 8.98. The van der Waals surface area contributed by atoms with Crippen molar-refractivity contribution in [2.24, 2.45) is 11.3 Å². The van der Waals surface area contributed by atoms with Gasteiger partial charge in [-0.15, -0.1) is 16.4 Å². The normalized spacial score (nSPS) is 16.7. The first-order valence-electron chi connectivity index (χ1n) is 10.2. The van der Waals surface area contributed by atoms with Gasteiger partial charge in [-0.25, -0.2) is 14.5 Å². The lowest BCUT2D eigenvalue weighted by Crippen LogP contribution is -2.26. The van der Waals surface area contributed by atoms with Crippen LogP contribution < -0.4 is 5.32 Å². The van der Waals surface area contributed by atoms with Crippen LogP contribution in [-0.4, -0.2) is 30.5 Å². The lowest BCUT2D eigenvalue weighted by atomic mass is 9.72. The second-order valence-corrected chi connectivity index (χ2v) is 10.1. The quantitative estimate of drug-likeness (QED) is 0.545. The van der Waals surface area contributed by atoms with Gasteiger partial charge < -0.3 is 5.32 Å². The number of aryl methyl sites for hydroxylation is 1. The zero-order chi connectivity index (χ0) is 20.9. The van der Waals surface area contributed by atoms with Gasteiger partial charge >= 0.3 is 0 Å². The molecule has 1 aliphatic rings. The number of aromatic nitrogens is 5. The van der Waals surface area contributed by atoms with Gasteiger partial charge in [-0.2, -0.15) is 0 Å². The molecule has 4 aromatic rings. The highest BCUT2D eigenvalue weighted by atomic mass is 32.1. The minimum Gasteiger partial charge on any atom is -0.345 e. The Labute approximate surface area is 178 Å². The minimum absolute atomic E-state index is 0.163. The summed E-state index contributed by atoms with van der Waals surface area (Å²) in [5.41, 5.74) is 3.28. The van der Waals surface area contributed by atoms with Gasteiger partial charge in [0.1, 0.15) is 11.2 Å². The zero-order valence-corrected chi connectivity index (χ0v) is 18.2. The molecule has 0 spiro atoms. The Morgan fingerprint density at radius 3 is 3.00 bits per heavy atom. The van der Waals surface area contributed by atoms with Crippen molar-refractivity contribution < 1.29 is 4.79 Å². The summed E-state index contributed by atoms with van der Waals surface area (Å²) in [7, 11) is 0. The van der Waals surface area contributed by atoms with Crippen LogP contribution in [-0.2, 0) is 19.4 Å². The van der Waals surface area contributed by atoms with Crippen LogP contribution in [0.1, 0.15) is 53.8 Å². The lowest BCUT2D eigenvalue weighted by molar-refractivity contribution is 0.0940. The zero-order valence-electron chi connectivity index (χ0n) is 17.3. The van der Waals surface area contributed by atoms with Crippen LogP contribution in [0.3, 0.4) is 0 Å². The Hall–Kier alpha value is -2.87. The van der Waals surface area contributed by atoms with E-state index >= 15 is 0 Å². The molecule has 154 valence electrons. The highest BCUT2D eigenvalue weighted by Crippen LogP contribution is 2.43. The van der Waals surface area contributed by atoms with Gasteiger partial charge in [-0.3, -0.25) is 9.78 Å². The highest BCUT2D eigenvalue weighted by molar-refractivity contribution is 7.19. The van der Waals surface area contributed by atoms with Crippen LogP contribution in [0.15, 0.2) is 30.9 Å². The number of hydrogen-bond donors (Lipinski definition) is 1. The molecule has 0 aliphatic heterocycles. The number of pyridine rings is 1. The topological polar surface area (TPSA) is 85.1 Å². The average Bonchev–Trinajstić information content (AvgIpc) is 3.32. The summed E-state index contributed by atoms with van der Waals surface area (Å²) >= 11 is 1.76. The van der Waals surface area contributed by atoms with Gasteiger partial charge in [0.25, 0.3) is 5.91 Å². The average molecular weight is 421 g/mol. The third kappa shape index (κ3) is 3.35. The standard InChI is InChI=1S/C22H24N6OS/c1-22(2,3)14-6-7-15-16(9-14)30-21-17(15)19-26-18(27-28(19)12-25-21)20(29)24-11-13-5-4-8-23-10-13/h4-5,8,10,12,14H,6-7,9,11H2,1-3H3,(H,24,29). The van der Waals surface area contributed by atoms with Crippen LogP contribution >= 0.6 is 11.3 Å². The Morgan fingerprint density at radius 2 is 2.23 bits per heavy atom. The largest absolute Gasteiger partial charge is 0.345 e. The molecule has 30 heavy (non-hydrogen) atoms. The number of nitrogens with zero attached hydrogens (tertiary/aromatic N) is 5. The van der Waals surface area contributed by atoms with E-state index in [1.165, 1.54) is 10.4 Å². The molecule has 0 aromatic carbocycles. The summed E-state index contributed by atoms with van der Waals surface area (Å²) in [6.45, 7) is 7.35. The van der Waals surface area contributed by atoms with E-state index < -0.39 is 0 Å². The summed E-state index contributed by atoms with van der Waals surface area (Å²) in [6.07, 6.45) is 8.36. The van der Waals surface area contributed by atoms with Gasteiger partial charge in [-0.1, -0.05) is 26.8 Å². The highest BCUT2D eigenvalue weighted by Gasteiger charge is 2.32. The van der Waals surface area contributed by atoms with Crippen LogP contribution in [0, 0.1) is 11.3 Å². The molecule has 1 unspecified atom stereocenters. The Balaban J connectivity index is 1.47. The maximum atomic E-state index is 12.6. The van der Waals surface area contributed by atoms with E-state index in [1.807, 2.05) is 12.1 Å². The van der Waals surface area contributed by atoms with Gasteiger partial charge in [0.15, 0.2) is 5.65 Å². The summed E-state index contributed by atoms with van der Waals surface area (Å²) in [4.78, 5) is 28.3. The first-order chi connectivity index (χ1) is 14.4. The summed E-state index contributed by atoms with van der Waals surface area (Å²) in [5, 5.41) is 8.30. The van der Waals surface area contributed by atoms with E-state index in [2.05, 4.69) is 46.1 Å². The van der Waals surface area contributed by atoms with Crippen molar-refractivity contribution >= 4 is 33.1 Å². The molecule has 4 heterocycles. The second kappa shape index (κ2) is 7.12. The summed E-state index contributed by atoms with van der Waals surface area (Å²) in [6, 6.07) is 3.76. The molecule has 4 aromatic heterocycles. The van der Waals surface area contributed by atoms with E-state index in [0.717, 1.165) is 40.7 Å². The van der Waals surface area contributed by atoms with Crippen LogP contribution in [0.2, 0.25) is 0 Å². The van der Waals surface area contributed by atoms with Crippen LogP contribution in [0.25, 0.3) is 15.9 Å². The van der Waals surface area contributed by atoms with Crippen molar-refractivity contribution in [2.45, 2.75) is 46.6 Å². The first-order valence-corrected chi connectivity index (χ1v) is 11.0. The predicted octanol–water partition coefficient (Wildman–Crippen LogP) is 3.82. The van der Waals surface area contributed by atoms with E-state index in [4.69, 9.17) is 0 Å². The fraction of sp³-hybridized carbons (Fsp3) is 0.409. The Bertz CT molecular complexity index is 1240. The molecule has 7 nitrogen and oxygen atoms in total. The summed E-state index contributed by atoms with van der Waals surface area (Å²) in [5.74, 6) is 0.532. The Kier molecular flexibility index (Phi) is 4.54. The molecule has 5 rings (SSSR count). The van der Waals surface area contributed by atoms with Crippen LogP contribution in [0.4, 0.5) is 0 Å². The molecule has 0 radical (unpaired) electrons. The van der Waals surface area contributed by atoms with Gasteiger partial charge in [-0.05, 0) is 47.8 Å². The predicted molar refractivity (Wildman–Crippen MR) is 117 cm³/mol. The van der Waals surface area contributed by atoms with Crippen molar-refractivity contribution in [3.63, 3.8) is 0 Å². The molecular weight excluding hydrogens is 396 g/mol. The molecular formula is C22H24N6OS. The van der Waals surface area contributed by atoms with Crippen LogP contribution in [0.5, 0.6) is 0 Å². The van der Waals surface area contributed by atoms with Crippen molar-refractivity contribution in [3.8, 4) is 0 Å². The number of nitrogens with one attached hydrogen (secondary N) is 1. The van der Waals surface area contributed by atoms with E-state index in [-0.39, 0.29) is 11.7 Å². The van der Waals surface area contributed by atoms with Crippen molar-refractivity contribution in [2.75, 3.05) is 0 Å². The molecule has 0 fully saturated rings. The maximum Gasteiger partial charge on any atom is 0.291 e.